The highest BCUT2D eigenvalue weighted by molar-refractivity contribution is 7.47. The Hall–Kier alpha value is -2.06. The number of nitrogens with two attached hydrogens (primary N) is 1. The third kappa shape index (κ3) is 45.8. The number of aliphatic hydroxyl groups is 1. The minimum Gasteiger partial charge on any atom is -0.387 e. The lowest BCUT2D eigenvalue weighted by Gasteiger charge is -2.23. The number of phosphoric ester groups is 1. The zero-order chi connectivity index (χ0) is 44.6. The fraction of sp³-hybridized carbons (Fsp3) is 0.750. The fourth-order valence-corrected chi connectivity index (χ4v) is 7.69. The Bertz CT molecular complexity index is 1180. The molecule has 5 N–H and O–H groups in total. The molecule has 0 saturated carbocycles. The lowest BCUT2D eigenvalue weighted by Crippen LogP contribution is -2.45. The number of aliphatic hydroxyl groups excluding tert-OH is 1. The first kappa shape index (κ1) is 58.9. The molecule has 0 aromatic heterocycles. The topological polar surface area (TPSA) is 131 Å². The summed E-state index contributed by atoms with van der Waals surface area (Å²) in [6, 6.07) is -0.895. The van der Waals surface area contributed by atoms with Gasteiger partial charge >= 0.3 is 7.82 Å². The minimum absolute atomic E-state index is 0.0662. The summed E-state index contributed by atoms with van der Waals surface area (Å²) in [7, 11) is -4.36. The van der Waals surface area contributed by atoms with Gasteiger partial charge in [-0.2, -0.15) is 0 Å². The molecule has 0 saturated heterocycles. The molecule has 0 bridgehead atoms. The number of unbranched alkanes of at least 4 members (excludes halogenated alkanes) is 24. The van der Waals surface area contributed by atoms with E-state index in [0.717, 1.165) is 70.6 Å². The van der Waals surface area contributed by atoms with E-state index < -0.39 is 20.0 Å². The molecule has 0 aliphatic carbocycles. The van der Waals surface area contributed by atoms with Crippen LogP contribution < -0.4 is 11.1 Å². The maximum atomic E-state index is 12.8. The lowest BCUT2D eigenvalue weighted by atomic mass is 10.1. The summed E-state index contributed by atoms with van der Waals surface area (Å²) in [6.07, 6.45) is 62.5. The summed E-state index contributed by atoms with van der Waals surface area (Å²) < 4.78 is 22.2. The molecule has 354 valence electrons. The predicted molar refractivity (Wildman–Crippen MR) is 263 cm³/mol. The molecule has 0 aromatic rings. The van der Waals surface area contributed by atoms with Gasteiger partial charge in [-0.05, 0) is 83.5 Å². The SMILES string of the molecule is CCCCCCC/C=C\C/C=C\C/C=C\CCCCCCCCC(=O)NC(COP(=O)(O)OCCN)C(O)/C=C/CC/C=C/CC/C=C/CCCCCCCCCCCCC. The summed E-state index contributed by atoms with van der Waals surface area (Å²) in [5, 5.41) is 13.7. The van der Waals surface area contributed by atoms with Gasteiger partial charge in [-0.15, -0.1) is 0 Å². The molecule has 0 spiro atoms. The van der Waals surface area contributed by atoms with Crippen LogP contribution in [0.5, 0.6) is 0 Å². The first-order valence-electron chi connectivity index (χ1n) is 25.1. The van der Waals surface area contributed by atoms with Crippen LogP contribution in [0, 0.1) is 0 Å². The van der Waals surface area contributed by atoms with Crippen molar-refractivity contribution in [3.05, 3.63) is 72.9 Å². The third-order valence-electron chi connectivity index (χ3n) is 10.7. The highest BCUT2D eigenvalue weighted by Gasteiger charge is 2.26. The molecule has 9 heteroatoms. The molecule has 0 fully saturated rings. The van der Waals surface area contributed by atoms with Crippen LogP contribution in [0.2, 0.25) is 0 Å². The highest BCUT2D eigenvalue weighted by atomic mass is 31.2. The van der Waals surface area contributed by atoms with Crippen molar-refractivity contribution < 1.29 is 28.4 Å². The van der Waals surface area contributed by atoms with E-state index in [1.54, 1.807) is 6.08 Å². The summed E-state index contributed by atoms with van der Waals surface area (Å²) in [4.78, 5) is 22.8. The van der Waals surface area contributed by atoms with Crippen LogP contribution in [0.15, 0.2) is 72.9 Å². The van der Waals surface area contributed by atoms with Crippen molar-refractivity contribution in [1.29, 1.82) is 0 Å². The van der Waals surface area contributed by atoms with Gasteiger partial charge in [0.05, 0.1) is 25.4 Å². The van der Waals surface area contributed by atoms with Crippen molar-refractivity contribution in [1.82, 2.24) is 5.32 Å². The number of rotatable bonds is 46. The van der Waals surface area contributed by atoms with E-state index in [9.17, 15) is 19.4 Å². The molecular formula is C52H95N2O6P. The number of carbonyl (C=O) groups is 1. The van der Waals surface area contributed by atoms with Gasteiger partial charge in [0, 0.05) is 13.0 Å². The second kappa shape index (κ2) is 47.4. The van der Waals surface area contributed by atoms with Crippen LogP contribution in [0.25, 0.3) is 0 Å². The maximum Gasteiger partial charge on any atom is 0.472 e. The molecule has 0 radical (unpaired) electrons. The fourth-order valence-electron chi connectivity index (χ4n) is 6.94. The lowest BCUT2D eigenvalue weighted by molar-refractivity contribution is -0.123. The highest BCUT2D eigenvalue weighted by Crippen LogP contribution is 2.43. The number of hydrogen-bond donors (Lipinski definition) is 4. The smallest absolute Gasteiger partial charge is 0.387 e. The molecule has 0 rings (SSSR count). The molecule has 8 nitrogen and oxygen atoms in total. The number of hydrogen-bond acceptors (Lipinski definition) is 6. The Labute approximate surface area is 376 Å². The van der Waals surface area contributed by atoms with Gasteiger partial charge in [0.2, 0.25) is 5.91 Å². The van der Waals surface area contributed by atoms with E-state index in [1.165, 1.54) is 128 Å². The zero-order valence-electron chi connectivity index (χ0n) is 39.4. The molecule has 3 unspecified atom stereocenters. The quantitative estimate of drug-likeness (QED) is 0.0272. The van der Waals surface area contributed by atoms with Crippen molar-refractivity contribution >= 4 is 13.7 Å². The molecule has 0 heterocycles. The largest absolute Gasteiger partial charge is 0.472 e. The molecule has 1 amide bonds. The number of phosphoric acid groups is 1. The molecular weight excluding hydrogens is 780 g/mol. The standard InChI is InChI=1S/C52H95N2O6P/c1-3-5-7-9-11-13-15-17-19-21-23-25-27-29-31-33-35-37-39-41-43-45-51(55)50(49-60-61(57,58)59-48-47-53)54-52(56)46-44-42-40-38-36-34-32-30-28-26-24-22-20-18-16-14-12-10-8-6-4-2/h16,18,22,24,27-30,35,37,43,45,50-51,55H,3-15,17,19-21,23,25-26,31-34,36,38-42,44,46-49,53H2,1-2H3,(H,54,56)(H,57,58)/b18-16-,24-22-,29-27+,30-28-,37-35+,45-43+. The van der Waals surface area contributed by atoms with Crippen LogP contribution in [0.1, 0.15) is 219 Å². The van der Waals surface area contributed by atoms with E-state index in [0.29, 0.717) is 6.42 Å². The summed E-state index contributed by atoms with van der Waals surface area (Å²) in [5.74, 6) is -0.222. The monoisotopic (exact) mass is 875 g/mol. The van der Waals surface area contributed by atoms with E-state index in [2.05, 4.69) is 79.9 Å². The molecule has 0 aliphatic heterocycles. The van der Waals surface area contributed by atoms with Gasteiger partial charge in [-0.25, -0.2) is 4.57 Å². The average Bonchev–Trinajstić information content (AvgIpc) is 3.25. The van der Waals surface area contributed by atoms with Gasteiger partial charge < -0.3 is 21.1 Å². The summed E-state index contributed by atoms with van der Waals surface area (Å²) in [5.41, 5.74) is 5.38. The van der Waals surface area contributed by atoms with Crippen molar-refractivity contribution in [2.45, 2.75) is 231 Å². The predicted octanol–water partition coefficient (Wildman–Crippen LogP) is 14.8. The Morgan fingerprint density at radius 1 is 0.541 bits per heavy atom. The normalized spacial score (nSPS) is 14.5. The van der Waals surface area contributed by atoms with Crippen molar-refractivity contribution in [3.63, 3.8) is 0 Å². The van der Waals surface area contributed by atoms with E-state index in [-0.39, 0.29) is 25.7 Å². The van der Waals surface area contributed by atoms with Gasteiger partial charge in [0.25, 0.3) is 0 Å². The molecule has 0 aromatic carbocycles. The molecule has 61 heavy (non-hydrogen) atoms. The second-order valence-electron chi connectivity index (χ2n) is 16.6. The van der Waals surface area contributed by atoms with Crippen molar-refractivity contribution in [3.8, 4) is 0 Å². The van der Waals surface area contributed by atoms with Crippen LogP contribution >= 0.6 is 7.82 Å². The van der Waals surface area contributed by atoms with E-state index in [1.807, 2.05) is 6.08 Å². The minimum atomic E-state index is -4.36. The Kier molecular flexibility index (Phi) is 45.8. The van der Waals surface area contributed by atoms with Gasteiger partial charge in [0.1, 0.15) is 0 Å². The third-order valence-corrected chi connectivity index (χ3v) is 11.7. The molecule has 3 atom stereocenters. The van der Waals surface area contributed by atoms with Gasteiger partial charge in [-0.1, -0.05) is 202 Å². The van der Waals surface area contributed by atoms with Gasteiger partial charge in [0.15, 0.2) is 0 Å². The number of allylic oxidation sites excluding steroid dienone is 11. The summed E-state index contributed by atoms with van der Waals surface area (Å²) in [6.45, 7) is 4.09. The first-order valence-corrected chi connectivity index (χ1v) is 26.6. The van der Waals surface area contributed by atoms with Gasteiger partial charge in [-0.3, -0.25) is 13.8 Å². The average molecular weight is 875 g/mol. The number of amides is 1. The first-order chi connectivity index (χ1) is 29.9. The van der Waals surface area contributed by atoms with E-state index in [4.69, 9.17) is 14.8 Å². The van der Waals surface area contributed by atoms with Crippen LogP contribution in [0.3, 0.4) is 0 Å². The van der Waals surface area contributed by atoms with Crippen LogP contribution in [-0.2, 0) is 18.4 Å². The van der Waals surface area contributed by atoms with Crippen LogP contribution in [-0.4, -0.2) is 47.8 Å². The Morgan fingerprint density at radius 2 is 0.918 bits per heavy atom. The number of carbonyl (C=O) groups excluding carboxylic acids is 1. The second-order valence-corrected chi connectivity index (χ2v) is 18.1. The Morgan fingerprint density at radius 3 is 1.38 bits per heavy atom. The van der Waals surface area contributed by atoms with Crippen molar-refractivity contribution in [2.75, 3.05) is 19.8 Å². The summed E-state index contributed by atoms with van der Waals surface area (Å²) >= 11 is 0. The van der Waals surface area contributed by atoms with Crippen molar-refractivity contribution in [2.24, 2.45) is 5.73 Å². The maximum absolute atomic E-state index is 12.8. The Balaban J connectivity index is 4.25. The molecule has 0 aliphatic rings. The zero-order valence-corrected chi connectivity index (χ0v) is 40.3. The van der Waals surface area contributed by atoms with E-state index >= 15 is 0 Å². The van der Waals surface area contributed by atoms with Crippen LogP contribution in [0.4, 0.5) is 0 Å². The number of nitrogens with one attached hydrogen (secondary N) is 1.